The SMILES string of the molecule is CC(C)(C)c1cc(CCN2C=CN(Cc3ccc(C(=O)O)cc3)C2)cc(C(C)(C)C)c1O. The second-order valence-corrected chi connectivity index (χ2v) is 10.8. The molecule has 0 saturated heterocycles. The van der Waals surface area contributed by atoms with E-state index in [1.165, 1.54) is 5.56 Å². The number of hydrogen-bond donors (Lipinski definition) is 2. The summed E-state index contributed by atoms with van der Waals surface area (Å²) >= 11 is 0. The maximum atomic E-state index is 11.0. The van der Waals surface area contributed by atoms with Crippen molar-refractivity contribution in [2.24, 2.45) is 0 Å². The minimum Gasteiger partial charge on any atom is -0.507 e. The van der Waals surface area contributed by atoms with E-state index in [1.54, 1.807) is 12.1 Å². The second kappa shape index (κ2) is 8.89. The summed E-state index contributed by atoms with van der Waals surface area (Å²) in [5.41, 5.74) is 4.40. The average molecular weight is 437 g/mol. The van der Waals surface area contributed by atoms with Gasteiger partial charge in [0.1, 0.15) is 5.75 Å². The minimum absolute atomic E-state index is 0.124. The Hall–Kier alpha value is -2.95. The molecule has 0 atom stereocenters. The zero-order valence-electron chi connectivity index (χ0n) is 20.1. The van der Waals surface area contributed by atoms with Gasteiger partial charge < -0.3 is 20.0 Å². The third-order valence-corrected chi connectivity index (χ3v) is 5.91. The number of carboxylic acid groups (broad SMARTS) is 1. The number of carboxylic acids is 1. The lowest BCUT2D eigenvalue weighted by molar-refractivity contribution is 0.0697. The molecular weight excluding hydrogens is 400 g/mol. The minimum atomic E-state index is -0.901. The van der Waals surface area contributed by atoms with Crippen LogP contribution in [0.1, 0.15) is 74.2 Å². The van der Waals surface area contributed by atoms with E-state index in [2.05, 4.69) is 75.9 Å². The molecule has 0 saturated carbocycles. The molecule has 0 aliphatic carbocycles. The molecule has 3 rings (SSSR count). The lowest BCUT2D eigenvalue weighted by Crippen LogP contribution is -2.27. The maximum Gasteiger partial charge on any atom is 0.335 e. The highest BCUT2D eigenvalue weighted by Crippen LogP contribution is 2.39. The molecule has 2 aromatic rings. The number of phenols is 1. The number of aromatic hydroxyl groups is 1. The highest BCUT2D eigenvalue weighted by Gasteiger charge is 2.26. The Morgan fingerprint density at radius 1 is 0.875 bits per heavy atom. The topological polar surface area (TPSA) is 64.0 Å². The summed E-state index contributed by atoms with van der Waals surface area (Å²) in [6.07, 6.45) is 5.10. The van der Waals surface area contributed by atoms with Gasteiger partial charge in [-0.05, 0) is 51.6 Å². The van der Waals surface area contributed by atoms with E-state index in [-0.39, 0.29) is 10.8 Å². The molecule has 2 aromatic carbocycles. The first-order chi connectivity index (χ1) is 14.8. The van der Waals surface area contributed by atoms with Crippen molar-refractivity contribution in [2.75, 3.05) is 13.2 Å². The van der Waals surface area contributed by atoms with Crippen molar-refractivity contribution in [3.63, 3.8) is 0 Å². The standard InChI is InChI=1S/C27H36N2O3/c1-26(2,3)22-15-20(16-23(24(22)30)27(4,5)6)11-12-28-13-14-29(18-28)17-19-7-9-21(10-8-19)25(31)32/h7-10,13-16,30H,11-12,17-18H2,1-6H3,(H,31,32). The van der Waals surface area contributed by atoms with Crippen LogP contribution in [0.3, 0.4) is 0 Å². The molecule has 0 unspecified atom stereocenters. The number of carbonyl (C=O) groups is 1. The number of phenolic OH excluding ortho intramolecular Hbond substituents is 1. The van der Waals surface area contributed by atoms with Gasteiger partial charge in [0.2, 0.25) is 0 Å². The molecular formula is C27H36N2O3. The third kappa shape index (κ3) is 5.64. The molecule has 0 aromatic heterocycles. The van der Waals surface area contributed by atoms with Crippen LogP contribution in [0, 0.1) is 0 Å². The van der Waals surface area contributed by atoms with Crippen molar-refractivity contribution in [1.29, 1.82) is 0 Å². The zero-order chi connectivity index (χ0) is 23.7. The molecule has 172 valence electrons. The maximum absolute atomic E-state index is 11.0. The summed E-state index contributed by atoms with van der Waals surface area (Å²) in [4.78, 5) is 15.5. The molecule has 0 fully saturated rings. The first-order valence-electron chi connectivity index (χ1n) is 11.2. The van der Waals surface area contributed by atoms with Crippen molar-refractivity contribution in [1.82, 2.24) is 9.80 Å². The zero-order valence-corrected chi connectivity index (χ0v) is 20.1. The van der Waals surface area contributed by atoms with Crippen molar-refractivity contribution in [3.8, 4) is 5.75 Å². The van der Waals surface area contributed by atoms with E-state index < -0.39 is 5.97 Å². The molecule has 1 aliphatic heterocycles. The molecule has 0 bridgehead atoms. The Bertz CT molecular complexity index is 960. The van der Waals surface area contributed by atoms with E-state index in [1.807, 2.05) is 12.1 Å². The summed E-state index contributed by atoms with van der Waals surface area (Å²) in [5, 5.41) is 20.0. The van der Waals surface area contributed by atoms with Crippen LogP contribution in [0.15, 0.2) is 48.8 Å². The Morgan fingerprint density at radius 2 is 1.41 bits per heavy atom. The molecule has 32 heavy (non-hydrogen) atoms. The van der Waals surface area contributed by atoms with Gasteiger partial charge >= 0.3 is 5.97 Å². The summed E-state index contributed by atoms with van der Waals surface area (Å²) in [5.74, 6) is -0.475. The Labute approximate surface area is 192 Å². The van der Waals surface area contributed by atoms with E-state index >= 15 is 0 Å². The highest BCUT2D eigenvalue weighted by atomic mass is 16.4. The summed E-state index contributed by atoms with van der Waals surface area (Å²) in [6.45, 7) is 15.3. The second-order valence-electron chi connectivity index (χ2n) is 10.8. The van der Waals surface area contributed by atoms with E-state index in [9.17, 15) is 9.90 Å². The fourth-order valence-corrected chi connectivity index (χ4v) is 4.01. The third-order valence-electron chi connectivity index (χ3n) is 5.91. The van der Waals surface area contributed by atoms with E-state index in [0.29, 0.717) is 11.3 Å². The van der Waals surface area contributed by atoms with Crippen molar-refractivity contribution >= 4 is 5.97 Å². The first-order valence-corrected chi connectivity index (χ1v) is 11.2. The van der Waals surface area contributed by atoms with Crippen LogP contribution in [-0.2, 0) is 23.8 Å². The van der Waals surface area contributed by atoms with Crippen molar-refractivity contribution < 1.29 is 15.0 Å². The van der Waals surface area contributed by atoms with Gasteiger partial charge in [0.05, 0.1) is 12.2 Å². The summed E-state index contributed by atoms with van der Waals surface area (Å²) in [7, 11) is 0. The van der Waals surface area contributed by atoms with Gasteiger partial charge in [-0.3, -0.25) is 0 Å². The number of hydrogen-bond acceptors (Lipinski definition) is 4. The Balaban J connectivity index is 1.65. The van der Waals surface area contributed by atoms with Crippen LogP contribution in [0.25, 0.3) is 0 Å². The molecule has 5 nitrogen and oxygen atoms in total. The predicted octanol–water partition coefficient (Wildman–Crippen LogP) is 5.47. The monoisotopic (exact) mass is 436 g/mol. The van der Waals surface area contributed by atoms with Gasteiger partial charge in [-0.15, -0.1) is 0 Å². The fourth-order valence-electron chi connectivity index (χ4n) is 4.01. The molecule has 0 amide bonds. The van der Waals surface area contributed by atoms with Crippen LogP contribution < -0.4 is 0 Å². The smallest absolute Gasteiger partial charge is 0.335 e. The van der Waals surface area contributed by atoms with Crippen LogP contribution in [0.5, 0.6) is 5.75 Å². The molecule has 0 spiro atoms. The predicted molar refractivity (Wildman–Crippen MR) is 129 cm³/mol. The quantitative estimate of drug-likeness (QED) is 0.628. The van der Waals surface area contributed by atoms with Gasteiger partial charge in [-0.25, -0.2) is 4.79 Å². The first kappa shape index (κ1) is 23.7. The number of aromatic carboxylic acids is 1. The lowest BCUT2D eigenvalue weighted by atomic mass is 9.78. The van der Waals surface area contributed by atoms with Crippen LogP contribution in [-0.4, -0.2) is 39.2 Å². The largest absolute Gasteiger partial charge is 0.507 e. The van der Waals surface area contributed by atoms with Gasteiger partial charge in [0.25, 0.3) is 0 Å². The molecule has 1 heterocycles. The Kier molecular flexibility index (Phi) is 6.59. The van der Waals surface area contributed by atoms with Crippen molar-refractivity contribution in [3.05, 3.63) is 76.6 Å². The molecule has 1 aliphatic rings. The van der Waals surface area contributed by atoms with Crippen molar-refractivity contribution in [2.45, 2.75) is 65.3 Å². The highest BCUT2D eigenvalue weighted by molar-refractivity contribution is 5.87. The van der Waals surface area contributed by atoms with Crippen LogP contribution >= 0.6 is 0 Å². The van der Waals surface area contributed by atoms with Gasteiger partial charge in [-0.2, -0.15) is 0 Å². The molecule has 5 heteroatoms. The number of nitrogens with zero attached hydrogens (tertiary/aromatic N) is 2. The normalized spacial score (nSPS) is 14.3. The summed E-state index contributed by atoms with van der Waals surface area (Å²) < 4.78 is 0. The average Bonchev–Trinajstić information content (AvgIpc) is 3.13. The van der Waals surface area contributed by atoms with E-state index in [4.69, 9.17) is 5.11 Å². The van der Waals surface area contributed by atoms with Crippen LogP contribution in [0.2, 0.25) is 0 Å². The van der Waals surface area contributed by atoms with Crippen LogP contribution in [0.4, 0.5) is 0 Å². The van der Waals surface area contributed by atoms with Gasteiger partial charge in [-0.1, -0.05) is 65.8 Å². The summed E-state index contributed by atoms with van der Waals surface area (Å²) in [6, 6.07) is 11.4. The van der Waals surface area contributed by atoms with Gasteiger partial charge in [0.15, 0.2) is 0 Å². The molecule has 0 radical (unpaired) electrons. The number of benzene rings is 2. The number of rotatable bonds is 6. The lowest BCUT2D eigenvalue weighted by Gasteiger charge is -2.28. The fraction of sp³-hybridized carbons (Fsp3) is 0.444. The Morgan fingerprint density at radius 3 is 1.91 bits per heavy atom. The van der Waals surface area contributed by atoms with Gasteiger partial charge in [0, 0.05) is 25.5 Å². The molecule has 2 N–H and O–H groups in total. The van der Waals surface area contributed by atoms with E-state index in [0.717, 1.165) is 42.9 Å².